The standard InChI is InChI=1S/C18H25NO4/c1-5-23-18(21)14-7-6-10-19(11-14)17(20)15-8-9-16(22-4)13(3)12(15)2/h8-9,14H,5-7,10-11H2,1-4H3. The Hall–Kier alpha value is -2.04. The molecule has 1 unspecified atom stereocenters. The van der Waals surface area contributed by atoms with Crippen LogP contribution in [-0.4, -0.2) is 43.6 Å². The van der Waals surface area contributed by atoms with Gasteiger partial charge in [0.1, 0.15) is 5.75 Å². The fourth-order valence-corrected chi connectivity index (χ4v) is 3.03. The van der Waals surface area contributed by atoms with Crippen LogP contribution < -0.4 is 4.74 Å². The summed E-state index contributed by atoms with van der Waals surface area (Å²) in [6.07, 6.45) is 1.60. The van der Waals surface area contributed by atoms with Gasteiger partial charge in [0.05, 0.1) is 19.6 Å². The molecule has 1 aromatic carbocycles. The Morgan fingerprint density at radius 2 is 2.00 bits per heavy atom. The lowest BCUT2D eigenvalue weighted by Gasteiger charge is -2.32. The van der Waals surface area contributed by atoms with Gasteiger partial charge in [0.15, 0.2) is 0 Å². The zero-order chi connectivity index (χ0) is 17.0. The summed E-state index contributed by atoms with van der Waals surface area (Å²) < 4.78 is 10.4. The van der Waals surface area contributed by atoms with E-state index in [-0.39, 0.29) is 17.8 Å². The number of carbonyl (C=O) groups excluding carboxylic acids is 2. The monoisotopic (exact) mass is 319 g/mol. The molecule has 1 aliphatic heterocycles. The minimum Gasteiger partial charge on any atom is -0.496 e. The van der Waals surface area contributed by atoms with Gasteiger partial charge in [-0.2, -0.15) is 0 Å². The molecule has 1 aromatic rings. The van der Waals surface area contributed by atoms with E-state index in [1.165, 1.54) is 0 Å². The molecule has 2 rings (SSSR count). The van der Waals surface area contributed by atoms with E-state index in [9.17, 15) is 9.59 Å². The van der Waals surface area contributed by atoms with Crippen LogP contribution in [0.25, 0.3) is 0 Å². The van der Waals surface area contributed by atoms with Crippen molar-refractivity contribution in [1.29, 1.82) is 0 Å². The molecule has 0 saturated carbocycles. The van der Waals surface area contributed by atoms with Crippen molar-refractivity contribution in [3.63, 3.8) is 0 Å². The summed E-state index contributed by atoms with van der Waals surface area (Å²) in [7, 11) is 1.62. The van der Waals surface area contributed by atoms with E-state index in [4.69, 9.17) is 9.47 Å². The van der Waals surface area contributed by atoms with Gasteiger partial charge in [-0.1, -0.05) is 0 Å². The second-order valence-electron chi connectivity index (χ2n) is 5.91. The third-order valence-electron chi connectivity index (χ3n) is 4.52. The van der Waals surface area contributed by atoms with Crippen molar-refractivity contribution < 1.29 is 19.1 Å². The average molecular weight is 319 g/mol. The van der Waals surface area contributed by atoms with Gasteiger partial charge in [0, 0.05) is 18.7 Å². The molecule has 0 radical (unpaired) electrons. The SMILES string of the molecule is CCOC(=O)C1CCCN(C(=O)c2ccc(OC)c(C)c2C)C1. The molecule has 5 heteroatoms. The first kappa shape index (κ1) is 17.3. The number of hydrogen-bond acceptors (Lipinski definition) is 4. The molecule has 1 heterocycles. The van der Waals surface area contributed by atoms with E-state index in [2.05, 4.69) is 0 Å². The second kappa shape index (κ2) is 7.49. The van der Waals surface area contributed by atoms with Crippen molar-refractivity contribution in [2.45, 2.75) is 33.6 Å². The Bertz CT molecular complexity index is 597. The van der Waals surface area contributed by atoms with Crippen LogP contribution in [0.2, 0.25) is 0 Å². The van der Waals surface area contributed by atoms with Gasteiger partial charge >= 0.3 is 5.97 Å². The summed E-state index contributed by atoms with van der Waals surface area (Å²) in [4.78, 5) is 26.5. The van der Waals surface area contributed by atoms with Gasteiger partial charge in [0.25, 0.3) is 5.91 Å². The largest absolute Gasteiger partial charge is 0.496 e. The summed E-state index contributed by atoms with van der Waals surface area (Å²) in [6.45, 7) is 7.16. The maximum atomic E-state index is 12.8. The van der Waals surface area contributed by atoms with Gasteiger partial charge < -0.3 is 14.4 Å². The molecule has 126 valence electrons. The highest BCUT2D eigenvalue weighted by atomic mass is 16.5. The fraction of sp³-hybridized carbons (Fsp3) is 0.556. The topological polar surface area (TPSA) is 55.8 Å². The molecular weight excluding hydrogens is 294 g/mol. The minimum absolute atomic E-state index is 0.0257. The zero-order valence-electron chi connectivity index (χ0n) is 14.3. The van der Waals surface area contributed by atoms with Crippen molar-refractivity contribution >= 4 is 11.9 Å². The Morgan fingerprint density at radius 1 is 1.26 bits per heavy atom. The van der Waals surface area contributed by atoms with Gasteiger partial charge in [-0.15, -0.1) is 0 Å². The molecule has 5 nitrogen and oxygen atoms in total. The van der Waals surface area contributed by atoms with E-state index >= 15 is 0 Å². The lowest BCUT2D eigenvalue weighted by atomic mass is 9.96. The molecule has 23 heavy (non-hydrogen) atoms. The third kappa shape index (κ3) is 3.66. The minimum atomic E-state index is -0.215. The number of rotatable bonds is 4. The Labute approximate surface area is 137 Å². The first-order valence-corrected chi connectivity index (χ1v) is 8.09. The highest BCUT2D eigenvalue weighted by molar-refractivity contribution is 5.96. The first-order chi connectivity index (χ1) is 11.0. The number of ether oxygens (including phenoxy) is 2. The van der Waals surface area contributed by atoms with E-state index in [0.717, 1.165) is 29.7 Å². The first-order valence-electron chi connectivity index (χ1n) is 8.09. The average Bonchev–Trinajstić information content (AvgIpc) is 2.57. The fourth-order valence-electron chi connectivity index (χ4n) is 3.03. The van der Waals surface area contributed by atoms with E-state index in [0.29, 0.717) is 25.3 Å². The number of piperidine rings is 1. The summed E-state index contributed by atoms with van der Waals surface area (Å²) in [6, 6.07) is 3.62. The van der Waals surface area contributed by atoms with E-state index in [1.807, 2.05) is 19.9 Å². The highest BCUT2D eigenvalue weighted by Gasteiger charge is 2.30. The molecule has 1 atom stereocenters. The summed E-state index contributed by atoms with van der Waals surface area (Å²) in [5.41, 5.74) is 2.57. The quantitative estimate of drug-likeness (QED) is 0.801. The van der Waals surface area contributed by atoms with Gasteiger partial charge in [-0.05, 0) is 56.9 Å². The normalized spacial score (nSPS) is 17.7. The molecule has 1 fully saturated rings. The highest BCUT2D eigenvalue weighted by Crippen LogP contribution is 2.26. The maximum absolute atomic E-state index is 12.8. The molecule has 1 aliphatic rings. The molecule has 1 amide bonds. The third-order valence-corrected chi connectivity index (χ3v) is 4.52. The molecule has 0 bridgehead atoms. The predicted octanol–water partition coefficient (Wildman–Crippen LogP) is 2.73. The number of carbonyl (C=O) groups is 2. The maximum Gasteiger partial charge on any atom is 0.310 e. The zero-order valence-corrected chi connectivity index (χ0v) is 14.3. The molecule has 0 N–H and O–H groups in total. The number of hydrogen-bond donors (Lipinski definition) is 0. The van der Waals surface area contributed by atoms with Gasteiger partial charge in [0.2, 0.25) is 0 Å². The van der Waals surface area contributed by atoms with Gasteiger partial charge in [-0.25, -0.2) is 0 Å². The molecular formula is C18H25NO4. The number of methoxy groups -OCH3 is 1. The summed E-state index contributed by atoms with van der Waals surface area (Å²) in [5, 5.41) is 0. The number of benzene rings is 1. The van der Waals surface area contributed by atoms with Crippen molar-refractivity contribution in [2.24, 2.45) is 5.92 Å². The molecule has 1 saturated heterocycles. The Morgan fingerprint density at radius 3 is 2.65 bits per heavy atom. The van der Waals surface area contributed by atoms with Crippen molar-refractivity contribution in [2.75, 3.05) is 26.8 Å². The van der Waals surface area contributed by atoms with Crippen molar-refractivity contribution in [1.82, 2.24) is 4.90 Å². The summed E-state index contributed by atoms with van der Waals surface area (Å²) >= 11 is 0. The smallest absolute Gasteiger partial charge is 0.310 e. The summed E-state index contributed by atoms with van der Waals surface area (Å²) in [5.74, 6) is 0.337. The predicted molar refractivity (Wildman–Crippen MR) is 87.7 cm³/mol. The number of nitrogens with zero attached hydrogens (tertiary/aromatic N) is 1. The lowest BCUT2D eigenvalue weighted by Crippen LogP contribution is -2.43. The van der Waals surface area contributed by atoms with Gasteiger partial charge in [-0.3, -0.25) is 9.59 Å². The van der Waals surface area contributed by atoms with Crippen LogP contribution >= 0.6 is 0 Å². The lowest BCUT2D eigenvalue weighted by molar-refractivity contribution is -0.149. The number of amides is 1. The van der Waals surface area contributed by atoms with Crippen LogP contribution in [0.4, 0.5) is 0 Å². The Kier molecular flexibility index (Phi) is 5.64. The van der Waals surface area contributed by atoms with Crippen LogP contribution in [0.3, 0.4) is 0 Å². The van der Waals surface area contributed by atoms with E-state index in [1.54, 1.807) is 25.0 Å². The Balaban J connectivity index is 2.17. The molecule has 0 aliphatic carbocycles. The van der Waals surface area contributed by atoms with Crippen LogP contribution in [0, 0.1) is 19.8 Å². The number of likely N-dealkylation sites (tertiary alicyclic amines) is 1. The van der Waals surface area contributed by atoms with Crippen LogP contribution in [0.5, 0.6) is 5.75 Å². The van der Waals surface area contributed by atoms with Crippen LogP contribution in [-0.2, 0) is 9.53 Å². The van der Waals surface area contributed by atoms with Crippen molar-refractivity contribution in [3.8, 4) is 5.75 Å². The van der Waals surface area contributed by atoms with Crippen LogP contribution in [0.1, 0.15) is 41.3 Å². The van der Waals surface area contributed by atoms with Crippen molar-refractivity contribution in [3.05, 3.63) is 28.8 Å². The number of esters is 1. The molecule has 0 aromatic heterocycles. The van der Waals surface area contributed by atoms with E-state index < -0.39 is 0 Å². The van der Waals surface area contributed by atoms with Crippen LogP contribution in [0.15, 0.2) is 12.1 Å². The molecule has 0 spiro atoms. The second-order valence-corrected chi connectivity index (χ2v) is 5.91.